The molecule has 0 radical (unpaired) electrons. The minimum Gasteiger partial charge on any atom is -0.493 e. The summed E-state index contributed by atoms with van der Waals surface area (Å²) in [6.07, 6.45) is 7.83. The molecule has 2 aromatic heterocycles. The van der Waals surface area contributed by atoms with Crippen molar-refractivity contribution in [2.75, 3.05) is 40.7 Å². The first-order valence-corrected chi connectivity index (χ1v) is 24.7. The Kier molecular flexibility index (Phi) is 12.7. The Balaban J connectivity index is 0.842. The van der Waals surface area contributed by atoms with Crippen LogP contribution < -0.4 is 33.7 Å². The lowest BCUT2D eigenvalue weighted by atomic mass is 9.73. The van der Waals surface area contributed by atoms with E-state index in [2.05, 4.69) is 20.3 Å². The molecule has 2 N–H and O–H groups in total. The van der Waals surface area contributed by atoms with Crippen molar-refractivity contribution < 1.29 is 42.8 Å². The normalized spacial score (nSPS) is 19.2. The van der Waals surface area contributed by atoms with Crippen LogP contribution in [-0.4, -0.2) is 101 Å². The molecule has 6 aromatic rings. The molecule has 71 heavy (non-hydrogen) atoms. The smallest absolute Gasteiger partial charge is 0.413 e. The van der Waals surface area contributed by atoms with Crippen LogP contribution >= 0.6 is 0 Å². The number of fused-ring (bicyclic) bond motifs is 3. The van der Waals surface area contributed by atoms with Crippen molar-refractivity contribution in [1.82, 2.24) is 30.2 Å². The second kappa shape index (κ2) is 19.6. The Hall–Kier alpha value is -7.62. The van der Waals surface area contributed by atoms with Crippen LogP contribution in [0, 0.1) is 24.7 Å². The summed E-state index contributed by atoms with van der Waals surface area (Å²) in [5, 5.41) is 9.77. The summed E-state index contributed by atoms with van der Waals surface area (Å²) in [6, 6.07) is 26.4. The topological polar surface area (TPSA) is 179 Å². The van der Waals surface area contributed by atoms with Gasteiger partial charge in [0.1, 0.15) is 29.3 Å². The molecule has 4 aromatic carbocycles. The summed E-state index contributed by atoms with van der Waals surface area (Å²) in [6.45, 7) is 3.16. The monoisotopic (exact) mass is 959 g/mol. The van der Waals surface area contributed by atoms with E-state index in [0.29, 0.717) is 95.2 Å². The van der Waals surface area contributed by atoms with Crippen LogP contribution in [0.4, 0.5) is 4.79 Å². The van der Waals surface area contributed by atoms with Gasteiger partial charge < -0.3 is 43.6 Å². The molecule has 366 valence electrons. The third-order valence-corrected chi connectivity index (χ3v) is 14.6. The van der Waals surface area contributed by atoms with Crippen LogP contribution in [0.3, 0.4) is 0 Å². The van der Waals surface area contributed by atoms with Crippen molar-refractivity contribution in [3.63, 3.8) is 0 Å². The predicted octanol–water partition coefficient (Wildman–Crippen LogP) is 8.88. The number of piperidine rings is 1. The van der Waals surface area contributed by atoms with E-state index in [1.165, 1.54) is 6.33 Å². The highest BCUT2D eigenvalue weighted by Gasteiger charge is 2.44. The average Bonchev–Trinajstić information content (AvgIpc) is 4.03. The maximum absolute atomic E-state index is 14.8. The van der Waals surface area contributed by atoms with E-state index in [1.807, 2.05) is 84.9 Å². The number of hydrogen-bond acceptors (Lipinski definition) is 12. The molecule has 0 unspecified atom stereocenters. The minimum atomic E-state index is -0.984. The molecular formula is C55H57N7O9. The summed E-state index contributed by atoms with van der Waals surface area (Å²) in [5.74, 6) is 3.28. The summed E-state index contributed by atoms with van der Waals surface area (Å²) in [7, 11) is 3.22. The Morgan fingerprint density at radius 3 is 2.31 bits per heavy atom. The van der Waals surface area contributed by atoms with Gasteiger partial charge in [0.2, 0.25) is 18.6 Å². The fraction of sp³-hybridized carbons (Fsp3) is 0.382. The molecule has 2 aliphatic carbocycles. The van der Waals surface area contributed by atoms with E-state index in [0.717, 1.165) is 66.5 Å². The molecule has 5 aliphatic rings. The molecule has 11 rings (SSSR count). The maximum Gasteiger partial charge on any atom is 0.413 e. The van der Waals surface area contributed by atoms with Crippen LogP contribution in [0.15, 0.2) is 96.4 Å². The molecule has 3 amide bonds. The highest BCUT2D eigenvalue weighted by Crippen LogP contribution is 2.49. The summed E-state index contributed by atoms with van der Waals surface area (Å²) >= 11 is 0. The number of carbonyl (C=O) groups is 3. The second-order valence-electron chi connectivity index (χ2n) is 19.1. The third kappa shape index (κ3) is 9.18. The number of aromatic amines is 1. The Bertz CT molecular complexity index is 3000. The number of hydrogen-bond donors (Lipinski definition) is 2. The molecule has 3 atom stereocenters. The van der Waals surface area contributed by atoms with E-state index >= 15 is 0 Å². The zero-order valence-corrected chi connectivity index (χ0v) is 40.1. The molecule has 0 bridgehead atoms. The fourth-order valence-corrected chi connectivity index (χ4v) is 10.6. The van der Waals surface area contributed by atoms with Crippen LogP contribution in [0.2, 0.25) is 0 Å². The maximum atomic E-state index is 14.8. The average molecular weight is 960 g/mol. The van der Waals surface area contributed by atoms with Crippen molar-refractivity contribution in [2.45, 2.75) is 76.8 Å². The minimum absolute atomic E-state index is 0.0152. The van der Waals surface area contributed by atoms with Crippen LogP contribution in [0.25, 0.3) is 33.4 Å². The number of carbonyl (C=O) groups excluding carboxylic acids is 3. The number of nitrogens with one attached hydrogen (secondary N) is 2. The fourth-order valence-electron chi connectivity index (χ4n) is 10.6. The van der Waals surface area contributed by atoms with Crippen molar-refractivity contribution in [2.24, 2.45) is 22.9 Å². The zero-order valence-electron chi connectivity index (χ0n) is 40.1. The number of methoxy groups -OCH3 is 2. The Morgan fingerprint density at radius 1 is 0.817 bits per heavy atom. The number of benzene rings is 4. The van der Waals surface area contributed by atoms with Crippen molar-refractivity contribution in [3.8, 4) is 56.9 Å². The first kappa shape index (κ1) is 45.8. The predicted molar refractivity (Wildman–Crippen MR) is 265 cm³/mol. The van der Waals surface area contributed by atoms with Crippen LogP contribution in [-0.2, 0) is 16.0 Å². The molecule has 1 saturated heterocycles. The summed E-state index contributed by atoms with van der Waals surface area (Å²) < 4.78 is 35.3. The van der Waals surface area contributed by atoms with Crippen molar-refractivity contribution in [1.29, 1.82) is 0 Å². The van der Waals surface area contributed by atoms with E-state index < -0.39 is 12.1 Å². The first-order chi connectivity index (χ1) is 34.7. The number of ether oxygens (including phenoxy) is 6. The Labute approximate surface area is 411 Å². The molecule has 16 nitrogen and oxygen atoms in total. The molecule has 3 aliphatic heterocycles. The molecule has 5 heterocycles. The van der Waals surface area contributed by atoms with Crippen molar-refractivity contribution >= 4 is 34.7 Å². The van der Waals surface area contributed by atoms with E-state index in [9.17, 15) is 14.4 Å². The molecule has 2 saturated carbocycles. The van der Waals surface area contributed by atoms with Gasteiger partial charge >= 0.3 is 6.09 Å². The van der Waals surface area contributed by atoms with Gasteiger partial charge in [-0.05, 0) is 98.4 Å². The van der Waals surface area contributed by atoms with E-state index in [1.54, 1.807) is 31.1 Å². The number of aryl methyl sites for hydroxylation is 1. The lowest BCUT2D eigenvalue weighted by Crippen LogP contribution is -2.56. The Morgan fingerprint density at radius 2 is 1.55 bits per heavy atom. The third-order valence-electron chi connectivity index (χ3n) is 14.6. The summed E-state index contributed by atoms with van der Waals surface area (Å²) in [5.41, 5.74) is 7.31. The van der Waals surface area contributed by atoms with Gasteiger partial charge in [-0.15, -0.1) is 0 Å². The van der Waals surface area contributed by atoms with E-state index in [-0.39, 0.29) is 48.7 Å². The largest absolute Gasteiger partial charge is 0.493 e. The first-order valence-electron chi connectivity index (χ1n) is 24.7. The highest BCUT2D eigenvalue weighted by molar-refractivity contribution is 6.07. The van der Waals surface area contributed by atoms with Gasteiger partial charge in [0, 0.05) is 36.9 Å². The number of hydrazone groups is 1. The number of amides is 3. The SMILES string of the molecule is COc1ccc(C2=NN(C3CCN(C(=O)[C@@H](Cc4ccc(-c5ccccc5)cc4)NC(=O)Oc4c(C)[nH]c5c(-c6c(OCC7CC7)ccc7c6OCO7)ncnc45)CC3)C(=O)[C@@H]3CCCC[C@H]23)cc1OC. The molecule has 3 fully saturated rings. The van der Waals surface area contributed by atoms with Crippen LogP contribution in [0.5, 0.6) is 34.5 Å². The number of H-pyrrole nitrogens is 1. The van der Waals surface area contributed by atoms with Gasteiger partial charge in [-0.2, -0.15) is 5.10 Å². The van der Waals surface area contributed by atoms with Gasteiger partial charge in [-0.3, -0.25) is 9.59 Å². The van der Waals surface area contributed by atoms with E-state index in [4.69, 9.17) is 33.5 Å². The van der Waals surface area contributed by atoms with Gasteiger partial charge in [0.15, 0.2) is 28.7 Å². The number of nitrogens with zero attached hydrogens (tertiary/aromatic N) is 5. The van der Waals surface area contributed by atoms with Gasteiger partial charge in [-0.1, -0.05) is 67.4 Å². The quantitative estimate of drug-likeness (QED) is 0.107. The van der Waals surface area contributed by atoms with Gasteiger partial charge in [0.05, 0.1) is 49.4 Å². The lowest BCUT2D eigenvalue weighted by Gasteiger charge is -2.43. The van der Waals surface area contributed by atoms with Crippen molar-refractivity contribution in [3.05, 3.63) is 108 Å². The zero-order chi connectivity index (χ0) is 48.6. The highest BCUT2D eigenvalue weighted by atomic mass is 16.7. The van der Waals surface area contributed by atoms with Gasteiger partial charge in [-0.25, -0.2) is 19.8 Å². The standard InChI is InChI=1S/C55H57N7O9/c1-32-51(50-49(58-32)48(56-30-57-50)46-43(68-29-34-13-14-34)21-22-44-52(46)70-31-69-44)71-55(65)59-41(27-33-15-17-36(18-16-33)35-9-5-4-6-10-35)54(64)61-25-23-38(24-26-61)62-53(63)40-12-8-7-11-39(40)47(60-62)37-19-20-42(66-2)45(28-37)67-3/h4-6,9-10,15-22,28,30,34,38-41,58H,7-8,11-14,23-27,29,31H2,1-3H3,(H,59,65)/t39-,40+,41+/m0/s1. The summed E-state index contributed by atoms with van der Waals surface area (Å²) in [4.78, 5) is 57.6. The number of likely N-dealkylation sites (tertiary alicyclic amines) is 1. The second-order valence-corrected chi connectivity index (χ2v) is 19.1. The molecule has 16 heteroatoms. The molecule has 0 spiro atoms. The molecular weight excluding hydrogens is 903 g/mol. The van der Waals surface area contributed by atoms with Gasteiger partial charge in [0.25, 0.3) is 0 Å². The number of aromatic nitrogens is 3. The van der Waals surface area contributed by atoms with Crippen LogP contribution in [0.1, 0.15) is 68.2 Å². The lowest BCUT2D eigenvalue weighted by molar-refractivity contribution is -0.143. The number of rotatable bonds is 14.